The Morgan fingerprint density at radius 2 is 2.22 bits per heavy atom. The van der Waals surface area contributed by atoms with E-state index in [9.17, 15) is 13.2 Å². The fourth-order valence-corrected chi connectivity index (χ4v) is 3.65. The lowest BCUT2D eigenvalue weighted by Crippen LogP contribution is -2.49. The Kier molecular flexibility index (Phi) is 5.84. The second-order valence-electron chi connectivity index (χ2n) is 4.30. The van der Waals surface area contributed by atoms with Crippen molar-refractivity contribution in [3.8, 4) is 0 Å². The van der Waals surface area contributed by atoms with Gasteiger partial charge in [0.1, 0.15) is 5.38 Å². The number of nitrogens with one attached hydrogen (secondary N) is 1. The largest absolute Gasteiger partial charge is 0.468 e. The van der Waals surface area contributed by atoms with Crippen LogP contribution in [0, 0.1) is 0 Å². The maximum Gasteiger partial charge on any atom is 0.325 e. The van der Waals surface area contributed by atoms with Gasteiger partial charge in [-0.1, -0.05) is 6.42 Å². The zero-order valence-electron chi connectivity index (χ0n) is 10.6. The number of halogens is 1. The first-order valence-corrected chi connectivity index (χ1v) is 7.74. The second kappa shape index (κ2) is 6.70. The Morgan fingerprint density at radius 3 is 2.78 bits per heavy atom. The molecular weight excluding hydrogens is 280 g/mol. The van der Waals surface area contributed by atoms with Crippen LogP contribution in [0.5, 0.6) is 0 Å². The molecule has 106 valence electrons. The van der Waals surface area contributed by atoms with E-state index in [2.05, 4.69) is 9.46 Å². The smallest absolute Gasteiger partial charge is 0.325 e. The van der Waals surface area contributed by atoms with Gasteiger partial charge in [0.15, 0.2) is 0 Å². The van der Waals surface area contributed by atoms with E-state index in [4.69, 9.17) is 11.6 Å². The van der Waals surface area contributed by atoms with Crippen LogP contribution in [0.15, 0.2) is 0 Å². The van der Waals surface area contributed by atoms with Crippen LogP contribution in [0.25, 0.3) is 0 Å². The van der Waals surface area contributed by atoms with Crippen molar-refractivity contribution in [3.05, 3.63) is 0 Å². The van der Waals surface area contributed by atoms with E-state index in [0.29, 0.717) is 6.54 Å². The fraction of sp³-hybridized carbons (Fsp3) is 0.900. The lowest BCUT2D eigenvalue weighted by Gasteiger charge is -2.32. The predicted molar refractivity (Wildman–Crippen MR) is 68.6 cm³/mol. The summed E-state index contributed by atoms with van der Waals surface area (Å²) < 4.78 is 32.2. The molecule has 2 atom stereocenters. The molecule has 1 N–H and O–H groups in total. The molecule has 0 spiro atoms. The molecule has 1 saturated heterocycles. The molecule has 1 heterocycles. The number of ether oxygens (including phenoxy) is 1. The molecule has 0 aromatic heterocycles. The van der Waals surface area contributed by atoms with Crippen molar-refractivity contribution in [2.45, 2.75) is 37.6 Å². The van der Waals surface area contributed by atoms with Gasteiger partial charge < -0.3 is 4.74 Å². The Bertz CT molecular complexity index is 387. The third-order valence-electron chi connectivity index (χ3n) is 2.95. The Labute approximate surface area is 113 Å². The van der Waals surface area contributed by atoms with E-state index >= 15 is 0 Å². The summed E-state index contributed by atoms with van der Waals surface area (Å²) in [5.41, 5.74) is 0. The van der Waals surface area contributed by atoms with Crippen molar-refractivity contribution in [2.75, 3.05) is 20.2 Å². The van der Waals surface area contributed by atoms with Crippen molar-refractivity contribution in [3.63, 3.8) is 0 Å². The van der Waals surface area contributed by atoms with Gasteiger partial charge in [-0.2, -0.15) is 12.7 Å². The van der Waals surface area contributed by atoms with Crippen molar-refractivity contribution in [2.24, 2.45) is 0 Å². The molecule has 6 nitrogen and oxygen atoms in total. The van der Waals surface area contributed by atoms with Gasteiger partial charge in [0.25, 0.3) is 10.2 Å². The number of rotatable bonds is 5. The molecule has 8 heteroatoms. The average molecular weight is 299 g/mol. The van der Waals surface area contributed by atoms with Crippen LogP contribution in [0.1, 0.15) is 26.2 Å². The van der Waals surface area contributed by atoms with Crippen molar-refractivity contribution < 1.29 is 17.9 Å². The maximum absolute atomic E-state index is 12.0. The van der Waals surface area contributed by atoms with Gasteiger partial charge in [0, 0.05) is 19.1 Å². The molecule has 0 saturated carbocycles. The third-order valence-corrected chi connectivity index (χ3v) is 4.98. The minimum atomic E-state index is -3.58. The van der Waals surface area contributed by atoms with Crippen molar-refractivity contribution in [1.82, 2.24) is 9.03 Å². The van der Waals surface area contributed by atoms with Gasteiger partial charge in [0.2, 0.25) is 0 Å². The fourth-order valence-electron chi connectivity index (χ4n) is 1.90. The normalized spacial score (nSPS) is 23.6. The predicted octanol–water partition coefficient (Wildman–Crippen LogP) is 0.476. The van der Waals surface area contributed by atoms with Gasteiger partial charge in [-0.25, -0.2) is 4.72 Å². The van der Waals surface area contributed by atoms with Crippen LogP contribution in [0.3, 0.4) is 0 Å². The lowest BCUT2D eigenvalue weighted by molar-refractivity contribution is -0.140. The number of nitrogens with zero attached hydrogens (tertiary/aromatic N) is 1. The Hall–Kier alpha value is -0.370. The summed E-state index contributed by atoms with van der Waals surface area (Å²) in [5, 5.41) is -1.01. The summed E-state index contributed by atoms with van der Waals surface area (Å²) in [6, 6.07) is -0.0249. The molecular formula is C10H19ClN2O4S. The number of carbonyl (C=O) groups excluding carboxylic acids is 1. The zero-order chi connectivity index (χ0) is 13.8. The van der Waals surface area contributed by atoms with Crippen LogP contribution < -0.4 is 4.72 Å². The summed E-state index contributed by atoms with van der Waals surface area (Å²) in [5.74, 6) is -0.647. The molecule has 1 aliphatic heterocycles. The lowest BCUT2D eigenvalue weighted by atomic mass is 10.1. The highest BCUT2D eigenvalue weighted by Gasteiger charge is 2.30. The van der Waals surface area contributed by atoms with E-state index in [0.717, 1.165) is 19.3 Å². The van der Waals surface area contributed by atoms with Crippen LogP contribution in [0.4, 0.5) is 0 Å². The monoisotopic (exact) mass is 298 g/mol. The summed E-state index contributed by atoms with van der Waals surface area (Å²) in [4.78, 5) is 11.1. The van der Waals surface area contributed by atoms with E-state index in [1.165, 1.54) is 11.4 Å². The average Bonchev–Trinajstić information content (AvgIpc) is 2.35. The van der Waals surface area contributed by atoms with Crippen LogP contribution in [-0.4, -0.2) is 50.3 Å². The van der Waals surface area contributed by atoms with Gasteiger partial charge in [-0.15, -0.1) is 11.6 Å². The molecule has 0 aliphatic carbocycles. The summed E-state index contributed by atoms with van der Waals surface area (Å²) in [7, 11) is -2.37. The topological polar surface area (TPSA) is 75.7 Å². The highest BCUT2D eigenvalue weighted by atomic mass is 35.5. The van der Waals surface area contributed by atoms with Crippen LogP contribution in [0.2, 0.25) is 0 Å². The van der Waals surface area contributed by atoms with Crippen LogP contribution >= 0.6 is 11.6 Å². The number of hydrogen-bond acceptors (Lipinski definition) is 4. The molecule has 2 unspecified atom stereocenters. The first-order valence-electron chi connectivity index (χ1n) is 5.87. The minimum Gasteiger partial charge on any atom is -0.468 e. The first-order chi connectivity index (χ1) is 8.38. The number of methoxy groups -OCH3 is 1. The molecule has 1 aliphatic rings. The minimum absolute atomic E-state index is 0.0249. The summed E-state index contributed by atoms with van der Waals surface area (Å²) in [6.07, 6.45) is 2.74. The quantitative estimate of drug-likeness (QED) is 0.591. The molecule has 0 bridgehead atoms. The Morgan fingerprint density at radius 1 is 1.56 bits per heavy atom. The molecule has 18 heavy (non-hydrogen) atoms. The maximum atomic E-state index is 12.0. The van der Waals surface area contributed by atoms with E-state index in [1.54, 1.807) is 0 Å². The first kappa shape index (κ1) is 15.7. The van der Waals surface area contributed by atoms with Gasteiger partial charge in [0.05, 0.1) is 7.11 Å². The molecule has 1 fully saturated rings. The summed E-state index contributed by atoms with van der Waals surface area (Å²) in [6.45, 7) is 2.21. The zero-order valence-corrected chi connectivity index (χ0v) is 12.1. The highest BCUT2D eigenvalue weighted by molar-refractivity contribution is 7.87. The molecule has 0 radical (unpaired) electrons. The van der Waals surface area contributed by atoms with Gasteiger partial charge in [-0.05, 0) is 19.8 Å². The number of alkyl halides is 1. The van der Waals surface area contributed by atoms with Gasteiger partial charge >= 0.3 is 5.97 Å². The SMILES string of the molecule is COC(=O)C(Cl)CNS(=O)(=O)N1CCCCC1C. The highest BCUT2D eigenvalue weighted by Crippen LogP contribution is 2.19. The number of hydrogen-bond donors (Lipinski definition) is 1. The van der Waals surface area contributed by atoms with Crippen molar-refractivity contribution in [1.29, 1.82) is 0 Å². The van der Waals surface area contributed by atoms with E-state index < -0.39 is 21.6 Å². The van der Waals surface area contributed by atoms with Gasteiger partial charge in [-0.3, -0.25) is 4.79 Å². The van der Waals surface area contributed by atoms with E-state index in [1.807, 2.05) is 6.92 Å². The molecule has 0 aromatic carbocycles. The Balaban J connectivity index is 2.56. The number of carbonyl (C=O) groups is 1. The second-order valence-corrected chi connectivity index (χ2v) is 6.53. The molecule has 0 amide bonds. The third kappa shape index (κ3) is 4.08. The number of piperidine rings is 1. The standard InChI is InChI=1S/C10H19ClN2O4S/c1-8-5-3-4-6-13(8)18(15,16)12-7-9(11)10(14)17-2/h8-9,12H,3-7H2,1-2H3. The molecule has 1 rings (SSSR count). The summed E-state index contributed by atoms with van der Waals surface area (Å²) >= 11 is 5.69. The molecule has 0 aromatic rings. The van der Waals surface area contributed by atoms with E-state index in [-0.39, 0.29) is 12.6 Å². The van der Waals surface area contributed by atoms with Crippen molar-refractivity contribution >= 4 is 27.8 Å². The van der Waals surface area contributed by atoms with Crippen LogP contribution in [-0.2, 0) is 19.7 Å². The number of esters is 1.